The van der Waals surface area contributed by atoms with Crippen molar-refractivity contribution >= 4 is 6.09 Å². The fraction of sp³-hybridized carbons (Fsp3) is 0.583. The number of aliphatic hydroxyl groups excluding tert-OH is 1. The number of aromatic nitrogens is 2. The number of imidazole rings is 1. The zero-order valence-electron chi connectivity index (χ0n) is 18.0. The van der Waals surface area contributed by atoms with Crippen LogP contribution in [0.2, 0.25) is 0 Å². The lowest BCUT2D eigenvalue weighted by molar-refractivity contribution is -0.152. The molecule has 2 fully saturated rings. The molecule has 2 N–H and O–H groups in total. The highest BCUT2D eigenvalue weighted by atomic mass is 16.6. The Bertz CT molecular complexity index is 953. The van der Waals surface area contributed by atoms with E-state index in [2.05, 4.69) is 39.1 Å². The SMILES string of the molecule is CC(C)(C)OC(=O)NC1CCC2(CC1)C[C@H]([C@@H]1c3ccccc3-c3cncn31)[C@@H]2O. The fourth-order valence-electron chi connectivity index (χ4n) is 5.90. The number of carbonyl (C=O) groups is 1. The molecule has 30 heavy (non-hydrogen) atoms. The number of alkyl carbamates (subject to hydrolysis) is 1. The summed E-state index contributed by atoms with van der Waals surface area (Å²) in [6, 6.07) is 8.78. The van der Waals surface area contributed by atoms with E-state index in [9.17, 15) is 9.90 Å². The molecule has 2 aromatic rings. The Balaban J connectivity index is 1.24. The molecule has 2 saturated carbocycles. The number of fused-ring (bicyclic) bond motifs is 3. The van der Waals surface area contributed by atoms with E-state index in [1.807, 2.05) is 33.3 Å². The Morgan fingerprint density at radius 2 is 2.00 bits per heavy atom. The van der Waals surface area contributed by atoms with Gasteiger partial charge < -0.3 is 19.7 Å². The molecule has 6 heteroatoms. The van der Waals surface area contributed by atoms with Gasteiger partial charge in [0, 0.05) is 17.5 Å². The predicted molar refractivity (Wildman–Crippen MR) is 114 cm³/mol. The van der Waals surface area contributed by atoms with E-state index in [0.717, 1.165) is 37.8 Å². The lowest BCUT2D eigenvalue weighted by atomic mass is 9.51. The van der Waals surface area contributed by atoms with Gasteiger partial charge in [0.15, 0.2) is 0 Å². The molecule has 6 nitrogen and oxygen atoms in total. The Kier molecular flexibility index (Phi) is 4.47. The number of nitrogens with one attached hydrogen (secondary N) is 1. The third-order valence-corrected chi connectivity index (χ3v) is 7.30. The van der Waals surface area contributed by atoms with Crippen LogP contribution in [0, 0.1) is 11.3 Å². The molecule has 3 atom stereocenters. The average molecular weight is 410 g/mol. The molecule has 1 amide bonds. The van der Waals surface area contributed by atoms with Crippen molar-refractivity contribution in [3.05, 3.63) is 42.4 Å². The van der Waals surface area contributed by atoms with Gasteiger partial charge in [-0.1, -0.05) is 24.3 Å². The molecule has 0 saturated heterocycles. The van der Waals surface area contributed by atoms with Gasteiger partial charge in [-0.15, -0.1) is 0 Å². The number of carbonyl (C=O) groups excluding carboxylic acids is 1. The summed E-state index contributed by atoms with van der Waals surface area (Å²) in [7, 11) is 0. The molecule has 5 rings (SSSR count). The first-order chi connectivity index (χ1) is 14.3. The molecule has 0 unspecified atom stereocenters. The molecule has 1 aliphatic heterocycles. The summed E-state index contributed by atoms with van der Waals surface area (Å²) in [5.41, 5.74) is 3.18. The zero-order valence-corrected chi connectivity index (χ0v) is 18.0. The van der Waals surface area contributed by atoms with Crippen LogP contribution in [0.3, 0.4) is 0 Å². The van der Waals surface area contributed by atoms with Crippen molar-refractivity contribution in [2.45, 2.75) is 76.7 Å². The summed E-state index contributed by atoms with van der Waals surface area (Å²) >= 11 is 0. The molecule has 2 heterocycles. The summed E-state index contributed by atoms with van der Waals surface area (Å²) in [5, 5.41) is 14.3. The third-order valence-electron chi connectivity index (χ3n) is 7.30. The molecule has 0 radical (unpaired) electrons. The lowest BCUT2D eigenvalue weighted by Gasteiger charge is -2.57. The van der Waals surface area contributed by atoms with E-state index in [0.29, 0.717) is 0 Å². The van der Waals surface area contributed by atoms with Crippen LogP contribution in [0.15, 0.2) is 36.8 Å². The number of hydrogen-bond acceptors (Lipinski definition) is 4. The molecular formula is C24H31N3O3. The zero-order chi connectivity index (χ0) is 21.1. The quantitative estimate of drug-likeness (QED) is 0.776. The average Bonchev–Trinajstić information content (AvgIpc) is 3.27. The van der Waals surface area contributed by atoms with Crippen molar-refractivity contribution in [2.24, 2.45) is 11.3 Å². The van der Waals surface area contributed by atoms with Crippen molar-refractivity contribution in [3.8, 4) is 11.3 Å². The molecule has 1 spiro atoms. The maximum absolute atomic E-state index is 12.1. The van der Waals surface area contributed by atoms with Crippen LogP contribution in [-0.4, -0.2) is 38.5 Å². The van der Waals surface area contributed by atoms with Gasteiger partial charge in [-0.3, -0.25) is 0 Å². The molecule has 3 aliphatic rings. The number of benzene rings is 1. The second-order valence-electron chi connectivity index (χ2n) is 10.3. The minimum Gasteiger partial charge on any atom is -0.444 e. The van der Waals surface area contributed by atoms with Crippen LogP contribution in [-0.2, 0) is 4.74 Å². The minimum atomic E-state index is -0.485. The number of aliphatic hydroxyl groups is 1. The molecule has 1 aromatic heterocycles. The number of hydrogen-bond donors (Lipinski definition) is 2. The summed E-state index contributed by atoms with van der Waals surface area (Å²) in [6.07, 6.45) is 7.83. The van der Waals surface area contributed by atoms with Crippen molar-refractivity contribution in [1.29, 1.82) is 0 Å². The largest absolute Gasteiger partial charge is 0.444 e. The van der Waals surface area contributed by atoms with Crippen molar-refractivity contribution < 1.29 is 14.6 Å². The standard InChI is InChI=1S/C24H31N3O3/c1-23(2,3)30-22(29)26-15-8-10-24(11-9-15)12-18(21(24)28)20-17-7-5-4-6-16(17)19-13-25-14-27(19)20/h4-7,13-15,18,20-21,28H,8-12H2,1-3H3,(H,26,29)/t15?,18-,20+,21+,24?/m1/s1. The molecule has 1 aromatic carbocycles. The monoisotopic (exact) mass is 409 g/mol. The van der Waals surface area contributed by atoms with Crippen LogP contribution in [0.4, 0.5) is 4.79 Å². The van der Waals surface area contributed by atoms with E-state index in [1.54, 1.807) is 0 Å². The smallest absolute Gasteiger partial charge is 0.407 e. The van der Waals surface area contributed by atoms with Gasteiger partial charge in [-0.2, -0.15) is 0 Å². The maximum Gasteiger partial charge on any atom is 0.407 e. The van der Waals surface area contributed by atoms with E-state index in [-0.39, 0.29) is 35.6 Å². The Morgan fingerprint density at radius 1 is 1.27 bits per heavy atom. The van der Waals surface area contributed by atoms with Gasteiger partial charge >= 0.3 is 6.09 Å². The second-order valence-corrected chi connectivity index (χ2v) is 10.3. The summed E-state index contributed by atoms with van der Waals surface area (Å²) in [6.45, 7) is 5.63. The van der Waals surface area contributed by atoms with Crippen LogP contribution in [0.5, 0.6) is 0 Å². The molecule has 0 bridgehead atoms. The van der Waals surface area contributed by atoms with Gasteiger partial charge in [0.2, 0.25) is 0 Å². The van der Waals surface area contributed by atoms with E-state index in [1.165, 1.54) is 11.1 Å². The number of rotatable bonds is 2. The van der Waals surface area contributed by atoms with Crippen LogP contribution < -0.4 is 5.32 Å². The number of amides is 1. The van der Waals surface area contributed by atoms with Crippen molar-refractivity contribution in [2.75, 3.05) is 0 Å². The van der Waals surface area contributed by atoms with E-state index < -0.39 is 5.60 Å². The van der Waals surface area contributed by atoms with Crippen LogP contribution in [0.25, 0.3) is 11.3 Å². The van der Waals surface area contributed by atoms with E-state index in [4.69, 9.17) is 4.74 Å². The van der Waals surface area contributed by atoms with E-state index >= 15 is 0 Å². The first kappa shape index (κ1) is 19.6. The topological polar surface area (TPSA) is 76.4 Å². The highest BCUT2D eigenvalue weighted by Gasteiger charge is 2.57. The molecule has 160 valence electrons. The fourth-order valence-corrected chi connectivity index (χ4v) is 5.90. The number of nitrogens with zero attached hydrogens (tertiary/aromatic N) is 2. The van der Waals surface area contributed by atoms with Gasteiger partial charge in [-0.25, -0.2) is 9.78 Å². The predicted octanol–water partition coefficient (Wildman–Crippen LogP) is 4.29. The van der Waals surface area contributed by atoms with Crippen LogP contribution in [0.1, 0.15) is 64.5 Å². The summed E-state index contributed by atoms with van der Waals surface area (Å²) < 4.78 is 7.63. The minimum absolute atomic E-state index is 0.0188. The van der Waals surface area contributed by atoms with Gasteiger partial charge in [-0.05, 0) is 63.9 Å². The Morgan fingerprint density at radius 3 is 2.70 bits per heavy atom. The van der Waals surface area contributed by atoms with Crippen molar-refractivity contribution in [1.82, 2.24) is 14.9 Å². The third kappa shape index (κ3) is 3.13. The molecular weight excluding hydrogens is 378 g/mol. The second kappa shape index (κ2) is 6.84. The first-order valence-electron chi connectivity index (χ1n) is 11.1. The summed E-state index contributed by atoms with van der Waals surface area (Å²) in [5.74, 6) is 0.206. The normalized spacial score (nSPS) is 32.3. The van der Waals surface area contributed by atoms with Crippen molar-refractivity contribution in [3.63, 3.8) is 0 Å². The lowest BCUT2D eigenvalue weighted by Crippen LogP contribution is -2.58. The number of ether oxygens (including phenoxy) is 1. The van der Waals surface area contributed by atoms with Gasteiger partial charge in [0.05, 0.1) is 30.4 Å². The first-order valence-corrected chi connectivity index (χ1v) is 11.1. The highest BCUT2D eigenvalue weighted by Crippen LogP contribution is 2.60. The summed E-state index contributed by atoms with van der Waals surface area (Å²) in [4.78, 5) is 16.4. The molecule has 2 aliphatic carbocycles. The Labute approximate surface area is 177 Å². The maximum atomic E-state index is 12.1. The Hall–Kier alpha value is -2.34. The highest BCUT2D eigenvalue weighted by molar-refractivity contribution is 5.69. The van der Waals surface area contributed by atoms with Gasteiger partial charge in [0.25, 0.3) is 0 Å². The van der Waals surface area contributed by atoms with Gasteiger partial charge in [0.1, 0.15) is 5.60 Å². The van der Waals surface area contributed by atoms with Crippen LogP contribution >= 0.6 is 0 Å².